The number of hydrogen-bond donors (Lipinski definition) is 1. The number of benzene rings is 1. The van der Waals surface area contributed by atoms with Crippen LogP contribution in [-0.2, 0) is 16.8 Å². The first-order valence-corrected chi connectivity index (χ1v) is 8.05. The molecule has 1 aromatic heterocycles. The molecule has 0 spiro atoms. The Hall–Kier alpha value is -1.90. The molecule has 2 aromatic rings. The molecule has 0 saturated heterocycles. The molecular formula is C14H19N3O4S. The van der Waals surface area contributed by atoms with Gasteiger partial charge in [0, 0.05) is 19.7 Å². The molecule has 1 N–H and O–H groups in total. The highest BCUT2D eigenvalue weighted by molar-refractivity contribution is 7.87. The molecule has 0 fully saturated rings. The fraction of sp³-hybridized carbons (Fsp3) is 0.357. The summed E-state index contributed by atoms with van der Waals surface area (Å²) in [5.74, 6) is 1.76. The first kappa shape index (κ1) is 16.5. The van der Waals surface area contributed by atoms with Crippen molar-refractivity contribution in [3.63, 3.8) is 0 Å². The molecule has 8 heteroatoms. The second-order valence-corrected chi connectivity index (χ2v) is 6.83. The maximum Gasteiger partial charge on any atom is 0.279 e. The van der Waals surface area contributed by atoms with Gasteiger partial charge in [0.05, 0.1) is 19.3 Å². The van der Waals surface area contributed by atoms with E-state index in [2.05, 4.69) is 9.71 Å². The lowest BCUT2D eigenvalue weighted by molar-refractivity contribution is 0.415. The molecule has 2 rings (SSSR count). The molecule has 1 heterocycles. The highest BCUT2D eigenvalue weighted by Gasteiger charge is 2.16. The van der Waals surface area contributed by atoms with Gasteiger partial charge in [0.25, 0.3) is 10.2 Å². The highest BCUT2D eigenvalue weighted by atomic mass is 32.2. The van der Waals surface area contributed by atoms with Crippen molar-refractivity contribution < 1.29 is 17.6 Å². The van der Waals surface area contributed by atoms with E-state index in [0.717, 1.165) is 15.6 Å². The maximum atomic E-state index is 11.7. The number of nitrogens with zero attached hydrogens (tertiary/aromatic N) is 2. The quantitative estimate of drug-likeness (QED) is 0.871. The number of methoxy groups -OCH3 is 1. The second kappa shape index (κ2) is 6.47. The van der Waals surface area contributed by atoms with Crippen molar-refractivity contribution in [2.45, 2.75) is 13.5 Å². The summed E-state index contributed by atoms with van der Waals surface area (Å²) in [6.07, 6.45) is 0. The van der Waals surface area contributed by atoms with Gasteiger partial charge >= 0.3 is 0 Å². The number of hydrogen-bond acceptors (Lipinski definition) is 5. The third-order valence-electron chi connectivity index (χ3n) is 3.13. The van der Waals surface area contributed by atoms with Crippen molar-refractivity contribution in [3.8, 4) is 17.2 Å². The first-order chi connectivity index (χ1) is 10.3. The van der Waals surface area contributed by atoms with Gasteiger partial charge in [-0.1, -0.05) is 0 Å². The van der Waals surface area contributed by atoms with E-state index in [-0.39, 0.29) is 6.54 Å². The molecule has 7 nitrogen and oxygen atoms in total. The molecule has 0 bridgehead atoms. The van der Waals surface area contributed by atoms with Gasteiger partial charge in [-0.05, 0) is 31.2 Å². The van der Waals surface area contributed by atoms with E-state index in [1.165, 1.54) is 14.1 Å². The predicted molar refractivity (Wildman–Crippen MR) is 82.7 cm³/mol. The van der Waals surface area contributed by atoms with E-state index < -0.39 is 10.2 Å². The minimum Gasteiger partial charge on any atom is -0.497 e. The summed E-state index contributed by atoms with van der Waals surface area (Å²) in [7, 11) is 1.02. The molecule has 0 aliphatic carbocycles. The topological polar surface area (TPSA) is 84.7 Å². The highest BCUT2D eigenvalue weighted by Crippen LogP contribution is 2.24. The summed E-state index contributed by atoms with van der Waals surface area (Å²) in [6, 6.07) is 7.28. The van der Waals surface area contributed by atoms with Crippen molar-refractivity contribution in [2.24, 2.45) is 0 Å². The van der Waals surface area contributed by atoms with Gasteiger partial charge in [-0.3, -0.25) is 0 Å². The lowest BCUT2D eigenvalue weighted by Crippen LogP contribution is -2.35. The summed E-state index contributed by atoms with van der Waals surface area (Å²) in [4.78, 5) is 4.34. The van der Waals surface area contributed by atoms with Crippen molar-refractivity contribution in [3.05, 3.63) is 35.7 Å². The van der Waals surface area contributed by atoms with Crippen LogP contribution < -0.4 is 9.46 Å². The van der Waals surface area contributed by atoms with Gasteiger partial charge in [0.1, 0.15) is 11.5 Å². The molecule has 120 valence electrons. The fourth-order valence-corrected chi connectivity index (χ4v) is 2.32. The SMILES string of the molecule is COc1ccc(-c2nc(CNS(=O)(=O)N(C)C)c(C)o2)cc1. The molecule has 22 heavy (non-hydrogen) atoms. The average molecular weight is 325 g/mol. The monoisotopic (exact) mass is 325 g/mol. The van der Waals surface area contributed by atoms with Gasteiger partial charge in [-0.2, -0.15) is 17.4 Å². The molecule has 0 saturated carbocycles. The van der Waals surface area contributed by atoms with Crippen LogP contribution in [-0.4, -0.2) is 38.9 Å². The Balaban J connectivity index is 2.17. The Bertz CT molecular complexity index is 736. The standard InChI is InChI=1S/C14H19N3O4S/c1-10-13(9-15-22(18,19)17(2)3)16-14(21-10)11-5-7-12(20-4)8-6-11/h5-8,15H,9H2,1-4H3. The first-order valence-electron chi connectivity index (χ1n) is 6.61. The van der Waals surface area contributed by atoms with Crippen molar-refractivity contribution in [1.29, 1.82) is 0 Å². The Morgan fingerprint density at radius 3 is 2.45 bits per heavy atom. The zero-order chi connectivity index (χ0) is 16.3. The van der Waals surface area contributed by atoms with Gasteiger partial charge in [0.15, 0.2) is 0 Å². The number of nitrogens with one attached hydrogen (secondary N) is 1. The van der Waals surface area contributed by atoms with Crippen molar-refractivity contribution in [1.82, 2.24) is 14.0 Å². The van der Waals surface area contributed by atoms with Crippen molar-refractivity contribution in [2.75, 3.05) is 21.2 Å². The molecular weight excluding hydrogens is 306 g/mol. The molecule has 0 aliphatic rings. The van der Waals surface area contributed by atoms with E-state index in [9.17, 15) is 8.42 Å². The van der Waals surface area contributed by atoms with E-state index in [1.807, 2.05) is 24.3 Å². The van der Waals surface area contributed by atoms with Crippen LogP contribution in [0.5, 0.6) is 5.75 Å². The Kier molecular flexibility index (Phi) is 4.84. The van der Waals surface area contributed by atoms with E-state index in [0.29, 0.717) is 17.3 Å². The zero-order valence-electron chi connectivity index (χ0n) is 13.0. The summed E-state index contributed by atoms with van der Waals surface area (Å²) in [5.41, 5.74) is 1.35. The molecule has 0 aliphatic heterocycles. The third kappa shape index (κ3) is 3.65. The Morgan fingerprint density at radius 1 is 1.27 bits per heavy atom. The summed E-state index contributed by atoms with van der Waals surface area (Å²) < 4.78 is 37.7. The van der Waals surface area contributed by atoms with Gasteiger partial charge < -0.3 is 9.15 Å². The smallest absolute Gasteiger partial charge is 0.279 e. The Labute approximate surface area is 130 Å². The number of rotatable bonds is 6. The minimum atomic E-state index is -3.49. The van der Waals surface area contributed by atoms with Crippen LogP contribution in [0.25, 0.3) is 11.5 Å². The molecule has 0 amide bonds. The average Bonchev–Trinajstić information content (AvgIpc) is 2.86. The van der Waals surface area contributed by atoms with Crippen LogP contribution in [0, 0.1) is 6.92 Å². The minimum absolute atomic E-state index is 0.0754. The number of oxazole rings is 1. The van der Waals surface area contributed by atoms with Crippen LogP contribution in [0.15, 0.2) is 28.7 Å². The maximum absolute atomic E-state index is 11.7. The number of aromatic nitrogens is 1. The largest absolute Gasteiger partial charge is 0.497 e. The van der Waals surface area contributed by atoms with Crippen LogP contribution in [0.1, 0.15) is 11.5 Å². The number of ether oxygens (including phenoxy) is 1. The van der Waals surface area contributed by atoms with Crippen LogP contribution in [0.4, 0.5) is 0 Å². The third-order valence-corrected chi connectivity index (χ3v) is 4.60. The molecule has 0 atom stereocenters. The van der Waals surface area contributed by atoms with Crippen molar-refractivity contribution >= 4 is 10.2 Å². The van der Waals surface area contributed by atoms with Gasteiger partial charge in [0.2, 0.25) is 5.89 Å². The van der Waals surface area contributed by atoms with E-state index >= 15 is 0 Å². The van der Waals surface area contributed by atoms with E-state index in [4.69, 9.17) is 9.15 Å². The van der Waals surface area contributed by atoms with Gasteiger partial charge in [-0.25, -0.2) is 4.98 Å². The Morgan fingerprint density at radius 2 is 1.91 bits per heavy atom. The normalized spacial score (nSPS) is 11.9. The summed E-state index contributed by atoms with van der Waals surface area (Å²) in [5, 5.41) is 0. The second-order valence-electron chi connectivity index (χ2n) is 4.86. The zero-order valence-corrected chi connectivity index (χ0v) is 13.8. The predicted octanol–water partition coefficient (Wildman–Crippen LogP) is 1.55. The molecule has 0 unspecified atom stereocenters. The molecule has 0 radical (unpaired) electrons. The van der Waals surface area contributed by atoms with Crippen LogP contribution in [0.2, 0.25) is 0 Å². The van der Waals surface area contributed by atoms with Crippen LogP contribution >= 0.6 is 0 Å². The van der Waals surface area contributed by atoms with Gasteiger partial charge in [-0.15, -0.1) is 0 Å². The summed E-state index contributed by atoms with van der Waals surface area (Å²) >= 11 is 0. The van der Waals surface area contributed by atoms with Crippen LogP contribution in [0.3, 0.4) is 0 Å². The molecule has 1 aromatic carbocycles. The number of aryl methyl sites for hydroxylation is 1. The summed E-state index contributed by atoms with van der Waals surface area (Å²) in [6.45, 7) is 1.82. The fourth-order valence-electron chi connectivity index (χ4n) is 1.74. The lowest BCUT2D eigenvalue weighted by atomic mass is 10.2. The van der Waals surface area contributed by atoms with E-state index in [1.54, 1.807) is 14.0 Å². The lowest BCUT2D eigenvalue weighted by Gasteiger charge is -2.11.